The predicted octanol–water partition coefficient (Wildman–Crippen LogP) is 4.80. The lowest BCUT2D eigenvalue weighted by molar-refractivity contribution is -0.147. The molecule has 0 aliphatic heterocycles. The highest BCUT2D eigenvalue weighted by molar-refractivity contribution is 5.82. The number of aliphatic hydroxyl groups excluding tert-OH is 2. The number of hydrogen-bond donors (Lipinski definition) is 2. The number of esters is 1. The van der Waals surface area contributed by atoms with Gasteiger partial charge in [-0.1, -0.05) is 100 Å². The zero-order valence-corrected chi connectivity index (χ0v) is 16.6. The fourth-order valence-electron chi connectivity index (χ4n) is 2.25. The predicted molar refractivity (Wildman–Crippen MR) is 112 cm³/mol. The molecule has 0 aromatic rings. The van der Waals surface area contributed by atoms with E-state index in [2.05, 4.69) is 19.1 Å². The third-order valence-electron chi connectivity index (χ3n) is 3.81. The van der Waals surface area contributed by atoms with Gasteiger partial charge in [0, 0.05) is 6.08 Å². The Morgan fingerprint density at radius 1 is 0.778 bits per heavy atom. The van der Waals surface area contributed by atoms with Crippen molar-refractivity contribution in [3.05, 3.63) is 60.8 Å². The summed E-state index contributed by atoms with van der Waals surface area (Å²) in [7, 11) is 0. The van der Waals surface area contributed by atoms with Crippen molar-refractivity contribution in [2.75, 3.05) is 13.2 Å². The van der Waals surface area contributed by atoms with E-state index in [9.17, 15) is 4.79 Å². The maximum atomic E-state index is 11.3. The Kier molecular flexibility index (Phi) is 19.0. The molecule has 0 bridgehead atoms. The highest BCUT2D eigenvalue weighted by Gasteiger charge is 2.08. The van der Waals surface area contributed by atoms with Gasteiger partial charge in [-0.05, 0) is 12.8 Å². The largest absolute Gasteiger partial charge is 0.454 e. The SMILES string of the molecule is CCCCCCCCCC=CC=CC=CC=CC=CC(=O)OC(CO)CO. The maximum absolute atomic E-state index is 11.3. The molecule has 152 valence electrons. The molecule has 0 radical (unpaired) electrons. The van der Waals surface area contributed by atoms with E-state index in [4.69, 9.17) is 14.9 Å². The topological polar surface area (TPSA) is 66.8 Å². The van der Waals surface area contributed by atoms with Crippen LogP contribution < -0.4 is 0 Å². The molecule has 0 fully saturated rings. The number of carbonyl (C=O) groups excluding carboxylic acids is 1. The van der Waals surface area contributed by atoms with Gasteiger partial charge < -0.3 is 14.9 Å². The molecule has 0 rings (SSSR count). The molecule has 27 heavy (non-hydrogen) atoms. The van der Waals surface area contributed by atoms with Gasteiger partial charge in [-0.15, -0.1) is 0 Å². The molecule has 0 unspecified atom stereocenters. The molecule has 0 atom stereocenters. The molecular formula is C23H36O4. The first kappa shape index (κ1) is 25.1. The van der Waals surface area contributed by atoms with Crippen molar-refractivity contribution < 1.29 is 19.7 Å². The van der Waals surface area contributed by atoms with Gasteiger partial charge in [-0.3, -0.25) is 0 Å². The van der Waals surface area contributed by atoms with E-state index in [1.165, 1.54) is 51.0 Å². The lowest BCUT2D eigenvalue weighted by Gasteiger charge is -2.09. The van der Waals surface area contributed by atoms with Gasteiger partial charge in [0.05, 0.1) is 13.2 Å². The average Bonchev–Trinajstić information content (AvgIpc) is 2.68. The van der Waals surface area contributed by atoms with Crippen LogP contribution in [0.1, 0.15) is 58.3 Å². The minimum atomic E-state index is -0.866. The molecule has 0 heterocycles. The molecule has 0 aliphatic carbocycles. The van der Waals surface area contributed by atoms with Gasteiger partial charge in [0.2, 0.25) is 0 Å². The second-order valence-corrected chi connectivity index (χ2v) is 6.28. The first-order valence-electron chi connectivity index (χ1n) is 10.00. The van der Waals surface area contributed by atoms with Gasteiger partial charge in [0.15, 0.2) is 0 Å². The third kappa shape index (κ3) is 18.7. The summed E-state index contributed by atoms with van der Waals surface area (Å²) in [5, 5.41) is 17.6. The zero-order valence-electron chi connectivity index (χ0n) is 16.6. The Morgan fingerprint density at radius 2 is 1.30 bits per heavy atom. The summed E-state index contributed by atoms with van der Waals surface area (Å²) in [6, 6.07) is 0. The fourth-order valence-corrected chi connectivity index (χ4v) is 2.25. The summed E-state index contributed by atoms with van der Waals surface area (Å²) < 4.78 is 4.78. The average molecular weight is 377 g/mol. The quantitative estimate of drug-likeness (QED) is 0.176. The van der Waals surface area contributed by atoms with E-state index in [0.717, 1.165) is 6.42 Å². The number of carbonyl (C=O) groups is 1. The van der Waals surface area contributed by atoms with Crippen molar-refractivity contribution in [3.8, 4) is 0 Å². The maximum Gasteiger partial charge on any atom is 0.331 e. The summed E-state index contributed by atoms with van der Waals surface area (Å²) >= 11 is 0. The smallest absolute Gasteiger partial charge is 0.331 e. The summed E-state index contributed by atoms with van der Waals surface area (Å²) in [6.07, 6.45) is 27.9. The number of hydrogen-bond acceptors (Lipinski definition) is 4. The van der Waals surface area contributed by atoms with E-state index in [1.54, 1.807) is 18.2 Å². The fraction of sp³-hybridized carbons (Fsp3) is 0.522. The summed E-state index contributed by atoms with van der Waals surface area (Å²) in [5.41, 5.74) is 0. The van der Waals surface area contributed by atoms with E-state index in [1.807, 2.05) is 24.3 Å². The van der Waals surface area contributed by atoms with Crippen molar-refractivity contribution in [3.63, 3.8) is 0 Å². The van der Waals surface area contributed by atoms with Crippen LogP contribution in [0.2, 0.25) is 0 Å². The molecule has 0 aromatic heterocycles. The molecule has 4 heteroatoms. The number of aliphatic hydroxyl groups is 2. The first-order valence-corrected chi connectivity index (χ1v) is 10.00. The van der Waals surface area contributed by atoms with Crippen molar-refractivity contribution >= 4 is 5.97 Å². The highest BCUT2D eigenvalue weighted by atomic mass is 16.6. The Hall–Kier alpha value is -1.91. The summed E-state index contributed by atoms with van der Waals surface area (Å²) in [6.45, 7) is 1.46. The molecular weight excluding hydrogens is 340 g/mol. The Balaban J connectivity index is 3.72. The Labute approximate surface area is 164 Å². The van der Waals surface area contributed by atoms with E-state index < -0.39 is 25.3 Å². The van der Waals surface area contributed by atoms with E-state index in [-0.39, 0.29) is 0 Å². The second kappa shape index (κ2) is 20.4. The zero-order chi connectivity index (χ0) is 20.0. The molecule has 0 aliphatic rings. The monoisotopic (exact) mass is 376 g/mol. The highest BCUT2D eigenvalue weighted by Crippen LogP contribution is 2.08. The Bertz CT molecular complexity index is 483. The van der Waals surface area contributed by atoms with Crippen LogP contribution in [0.4, 0.5) is 0 Å². The van der Waals surface area contributed by atoms with Gasteiger partial charge >= 0.3 is 5.97 Å². The molecule has 0 spiro atoms. The molecule has 0 aromatic carbocycles. The van der Waals surface area contributed by atoms with E-state index >= 15 is 0 Å². The normalized spacial score (nSPS) is 12.7. The Morgan fingerprint density at radius 3 is 1.89 bits per heavy atom. The minimum Gasteiger partial charge on any atom is -0.454 e. The lowest BCUT2D eigenvalue weighted by atomic mass is 10.1. The van der Waals surface area contributed by atoms with Crippen LogP contribution in [-0.4, -0.2) is 35.5 Å². The first-order chi connectivity index (χ1) is 13.2. The molecule has 0 amide bonds. The van der Waals surface area contributed by atoms with Crippen molar-refractivity contribution in [2.45, 2.75) is 64.4 Å². The standard InChI is InChI=1S/C23H36O4/c1-2-3-4-5-6-7-8-9-10-11-12-13-14-15-16-17-18-19-23(26)27-22(20-24)21-25/h10-19,22,24-25H,2-9,20-21H2,1H3. The van der Waals surface area contributed by atoms with Gasteiger partial charge in [-0.25, -0.2) is 4.79 Å². The molecule has 0 saturated carbocycles. The summed E-state index contributed by atoms with van der Waals surface area (Å²) in [4.78, 5) is 11.3. The number of unbranched alkanes of at least 4 members (excludes halogenated alkanes) is 7. The van der Waals surface area contributed by atoms with Gasteiger partial charge in [0.1, 0.15) is 6.10 Å². The van der Waals surface area contributed by atoms with Crippen LogP contribution in [0, 0.1) is 0 Å². The second-order valence-electron chi connectivity index (χ2n) is 6.28. The molecule has 0 saturated heterocycles. The van der Waals surface area contributed by atoms with Crippen LogP contribution in [0.5, 0.6) is 0 Å². The van der Waals surface area contributed by atoms with Crippen LogP contribution in [-0.2, 0) is 9.53 Å². The van der Waals surface area contributed by atoms with Crippen molar-refractivity contribution in [1.82, 2.24) is 0 Å². The summed E-state index contributed by atoms with van der Waals surface area (Å²) in [5.74, 6) is -0.595. The third-order valence-corrected chi connectivity index (χ3v) is 3.81. The van der Waals surface area contributed by atoms with Gasteiger partial charge in [0.25, 0.3) is 0 Å². The number of rotatable bonds is 16. The van der Waals surface area contributed by atoms with Gasteiger partial charge in [-0.2, -0.15) is 0 Å². The number of allylic oxidation sites excluding steroid dienone is 9. The van der Waals surface area contributed by atoms with Crippen LogP contribution in [0.3, 0.4) is 0 Å². The van der Waals surface area contributed by atoms with Crippen molar-refractivity contribution in [1.29, 1.82) is 0 Å². The van der Waals surface area contributed by atoms with Crippen LogP contribution in [0.15, 0.2) is 60.8 Å². The lowest BCUT2D eigenvalue weighted by Crippen LogP contribution is -2.24. The number of ether oxygens (including phenoxy) is 1. The van der Waals surface area contributed by atoms with E-state index in [0.29, 0.717) is 0 Å². The minimum absolute atomic E-state index is 0.394. The molecule has 2 N–H and O–H groups in total. The molecule has 4 nitrogen and oxygen atoms in total. The van der Waals surface area contributed by atoms with Crippen LogP contribution in [0.25, 0.3) is 0 Å². The van der Waals surface area contributed by atoms with Crippen LogP contribution >= 0.6 is 0 Å². The van der Waals surface area contributed by atoms with Crippen molar-refractivity contribution in [2.24, 2.45) is 0 Å².